The molecule has 0 aromatic heterocycles. The molecule has 6 nitrogen and oxygen atoms in total. The Morgan fingerprint density at radius 1 is 0.852 bits per heavy atom. The smallest absolute Gasteiger partial charge is 0.269 e. The van der Waals surface area contributed by atoms with Crippen molar-refractivity contribution in [2.24, 2.45) is 0 Å². The van der Waals surface area contributed by atoms with Crippen LogP contribution in [0, 0.1) is 0 Å². The van der Waals surface area contributed by atoms with E-state index in [1.54, 1.807) is 43.5 Å². The van der Waals surface area contributed by atoms with Crippen LogP contribution < -0.4 is 20.9 Å². The number of carbonyl (C=O) groups is 2. The molecule has 2 aromatic rings. The number of nitrogens with one attached hydrogen (secondary N) is 3. The maximum atomic E-state index is 12.2. The molecule has 0 atom stereocenters. The minimum Gasteiger partial charge on any atom is -0.497 e. The van der Waals surface area contributed by atoms with E-state index >= 15 is 0 Å². The first-order chi connectivity index (χ1) is 12.7. The SMILES string of the molecule is COc1ccc(C(=O)NC(=S)NNC(=O)c2ccc(C(C)(C)C)cc2)cc1. The molecule has 27 heavy (non-hydrogen) atoms. The van der Waals surface area contributed by atoms with Gasteiger partial charge in [0.05, 0.1) is 7.11 Å². The summed E-state index contributed by atoms with van der Waals surface area (Å²) in [6.45, 7) is 6.31. The Morgan fingerprint density at radius 2 is 1.37 bits per heavy atom. The molecule has 0 heterocycles. The van der Waals surface area contributed by atoms with E-state index in [4.69, 9.17) is 17.0 Å². The lowest BCUT2D eigenvalue weighted by atomic mass is 9.87. The van der Waals surface area contributed by atoms with Gasteiger partial charge in [0.25, 0.3) is 11.8 Å². The Labute approximate surface area is 164 Å². The topological polar surface area (TPSA) is 79.5 Å². The fourth-order valence-corrected chi connectivity index (χ4v) is 2.40. The molecule has 0 fully saturated rings. The third kappa shape index (κ3) is 5.79. The molecule has 0 saturated heterocycles. The number of hydrogen-bond donors (Lipinski definition) is 3. The van der Waals surface area contributed by atoms with Gasteiger partial charge < -0.3 is 4.74 Å². The van der Waals surface area contributed by atoms with E-state index in [9.17, 15) is 9.59 Å². The molecule has 0 aliphatic carbocycles. The first-order valence-corrected chi connectivity index (χ1v) is 8.78. The summed E-state index contributed by atoms with van der Waals surface area (Å²) in [4.78, 5) is 24.3. The number of methoxy groups -OCH3 is 1. The summed E-state index contributed by atoms with van der Waals surface area (Å²) in [5.74, 6) is -0.0903. The van der Waals surface area contributed by atoms with Gasteiger partial charge in [-0.05, 0) is 59.6 Å². The van der Waals surface area contributed by atoms with Crippen molar-refractivity contribution in [2.75, 3.05) is 7.11 Å². The second kappa shape index (κ2) is 8.64. The maximum Gasteiger partial charge on any atom is 0.269 e. The molecule has 0 saturated carbocycles. The van der Waals surface area contributed by atoms with Gasteiger partial charge in [-0.2, -0.15) is 0 Å². The average molecular weight is 385 g/mol. The van der Waals surface area contributed by atoms with Gasteiger partial charge in [-0.1, -0.05) is 32.9 Å². The minimum atomic E-state index is -0.390. The van der Waals surface area contributed by atoms with Gasteiger partial charge in [-0.15, -0.1) is 0 Å². The van der Waals surface area contributed by atoms with E-state index in [1.807, 2.05) is 12.1 Å². The van der Waals surface area contributed by atoms with Crippen LogP contribution in [0.2, 0.25) is 0 Å². The normalized spacial score (nSPS) is 10.7. The van der Waals surface area contributed by atoms with Gasteiger partial charge in [-0.3, -0.25) is 25.8 Å². The van der Waals surface area contributed by atoms with Crippen molar-refractivity contribution in [3.05, 3.63) is 65.2 Å². The number of amides is 2. The molecule has 3 N–H and O–H groups in total. The molecule has 2 rings (SSSR count). The molecule has 0 aliphatic rings. The Bertz CT molecular complexity index is 825. The maximum absolute atomic E-state index is 12.2. The van der Waals surface area contributed by atoms with Crippen molar-refractivity contribution >= 4 is 29.1 Å². The molecule has 2 aromatic carbocycles. The third-order valence-corrected chi connectivity index (χ3v) is 4.09. The first kappa shape index (κ1) is 20.4. The van der Waals surface area contributed by atoms with Crippen LogP contribution in [0.4, 0.5) is 0 Å². The summed E-state index contributed by atoms with van der Waals surface area (Å²) in [5.41, 5.74) is 7.05. The summed E-state index contributed by atoms with van der Waals surface area (Å²) in [6, 6.07) is 13.9. The van der Waals surface area contributed by atoms with E-state index in [-0.39, 0.29) is 22.3 Å². The van der Waals surface area contributed by atoms with Crippen molar-refractivity contribution in [2.45, 2.75) is 26.2 Å². The number of benzene rings is 2. The van der Waals surface area contributed by atoms with E-state index in [0.717, 1.165) is 5.56 Å². The molecule has 0 bridgehead atoms. The highest BCUT2D eigenvalue weighted by Crippen LogP contribution is 2.22. The predicted molar refractivity (Wildman–Crippen MR) is 109 cm³/mol. The molecule has 2 amide bonds. The Balaban J connectivity index is 1.87. The van der Waals surface area contributed by atoms with E-state index in [0.29, 0.717) is 16.9 Å². The van der Waals surface area contributed by atoms with E-state index in [2.05, 4.69) is 36.9 Å². The number of rotatable bonds is 3. The van der Waals surface area contributed by atoms with Gasteiger partial charge in [0.2, 0.25) is 0 Å². The average Bonchev–Trinajstić information content (AvgIpc) is 2.65. The van der Waals surface area contributed by atoms with Crippen molar-refractivity contribution in [3.63, 3.8) is 0 Å². The van der Waals surface area contributed by atoms with E-state index < -0.39 is 0 Å². The zero-order valence-electron chi connectivity index (χ0n) is 15.8. The Hall–Kier alpha value is -2.93. The Morgan fingerprint density at radius 3 is 1.89 bits per heavy atom. The highest BCUT2D eigenvalue weighted by molar-refractivity contribution is 7.80. The van der Waals surface area contributed by atoms with Crippen LogP contribution in [-0.4, -0.2) is 24.0 Å². The quantitative estimate of drug-likeness (QED) is 0.559. The van der Waals surface area contributed by atoms with Crippen LogP contribution in [0.15, 0.2) is 48.5 Å². The molecular weight excluding hydrogens is 362 g/mol. The number of hydrogen-bond acceptors (Lipinski definition) is 4. The first-order valence-electron chi connectivity index (χ1n) is 8.37. The van der Waals surface area contributed by atoms with Crippen molar-refractivity contribution in [1.82, 2.24) is 16.2 Å². The van der Waals surface area contributed by atoms with Crippen LogP contribution in [0.5, 0.6) is 5.75 Å². The summed E-state index contributed by atoms with van der Waals surface area (Å²) in [5, 5.41) is 2.49. The molecule has 0 aliphatic heterocycles. The van der Waals surface area contributed by atoms with Crippen LogP contribution in [0.3, 0.4) is 0 Å². The molecule has 142 valence electrons. The predicted octanol–water partition coefficient (Wildman–Crippen LogP) is 2.94. The minimum absolute atomic E-state index is 0.00419. The molecule has 0 radical (unpaired) electrons. The monoisotopic (exact) mass is 385 g/mol. The standard InChI is InChI=1S/C20H23N3O3S/c1-20(2,3)15-9-5-14(6-10-15)18(25)22-23-19(27)21-17(24)13-7-11-16(26-4)12-8-13/h5-12H,1-4H3,(H,22,25)(H2,21,23,24,27). The van der Waals surface area contributed by atoms with Crippen molar-refractivity contribution < 1.29 is 14.3 Å². The van der Waals surface area contributed by atoms with Crippen LogP contribution >= 0.6 is 12.2 Å². The number of thiocarbonyl (C=S) groups is 1. The van der Waals surface area contributed by atoms with Crippen molar-refractivity contribution in [1.29, 1.82) is 0 Å². The molecule has 0 unspecified atom stereocenters. The lowest BCUT2D eigenvalue weighted by Crippen LogP contribution is -2.48. The zero-order valence-corrected chi connectivity index (χ0v) is 16.6. The second-order valence-corrected chi connectivity index (χ2v) is 7.33. The largest absolute Gasteiger partial charge is 0.497 e. The summed E-state index contributed by atoms with van der Waals surface area (Å²) in [6.07, 6.45) is 0. The van der Waals surface area contributed by atoms with Gasteiger partial charge in [-0.25, -0.2) is 0 Å². The molecular formula is C20H23N3O3S. The van der Waals surface area contributed by atoms with Crippen molar-refractivity contribution in [3.8, 4) is 5.75 Å². The Kier molecular flexibility index (Phi) is 6.52. The summed E-state index contributed by atoms with van der Waals surface area (Å²) < 4.78 is 5.05. The van der Waals surface area contributed by atoms with Gasteiger partial charge in [0.1, 0.15) is 5.75 Å². The fourth-order valence-electron chi connectivity index (χ4n) is 2.26. The van der Waals surface area contributed by atoms with Gasteiger partial charge in [0, 0.05) is 11.1 Å². The second-order valence-electron chi connectivity index (χ2n) is 6.92. The highest BCUT2D eigenvalue weighted by atomic mass is 32.1. The molecule has 7 heteroatoms. The highest BCUT2D eigenvalue weighted by Gasteiger charge is 2.14. The summed E-state index contributed by atoms with van der Waals surface area (Å²) >= 11 is 5.03. The van der Waals surface area contributed by atoms with Crippen LogP contribution in [0.1, 0.15) is 47.1 Å². The summed E-state index contributed by atoms with van der Waals surface area (Å²) in [7, 11) is 1.55. The van der Waals surface area contributed by atoms with Gasteiger partial charge in [0.15, 0.2) is 5.11 Å². The number of ether oxygens (including phenoxy) is 1. The van der Waals surface area contributed by atoms with Crippen LogP contribution in [0.25, 0.3) is 0 Å². The zero-order chi connectivity index (χ0) is 20.0. The lowest BCUT2D eigenvalue weighted by molar-refractivity contribution is 0.0934. The molecule has 0 spiro atoms. The number of hydrazine groups is 1. The fraction of sp³-hybridized carbons (Fsp3) is 0.250. The third-order valence-electron chi connectivity index (χ3n) is 3.88. The van der Waals surface area contributed by atoms with E-state index in [1.165, 1.54) is 0 Å². The number of carbonyl (C=O) groups excluding carboxylic acids is 2. The van der Waals surface area contributed by atoms with Crippen LogP contribution in [-0.2, 0) is 5.41 Å². The van der Waals surface area contributed by atoms with Gasteiger partial charge >= 0.3 is 0 Å². The lowest BCUT2D eigenvalue weighted by Gasteiger charge is -2.19.